The maximum atomic E-state index is 10.4. The minimum atomic E-state index is -0.997. The molecule has 0 aliphatic rings. The van der Waals surface area contributed by atoms with Crippen LogP contribution >= 0.6 is 24.8 Å². The van der Waals surface area contributed by atoms with Gasteiger partial charge in [-0.2, -0.15) is 0 Å². The van der Waals surface area contributed by atoms with Crippen molar-refractivity contribution in [2.24, 2.45) is 5.73 Å². The molecule has 1 heterocycles. The Labute approximate surface area is 101 Å². The topological polar surface area (TPSA) is 76.2 Å². The summed E-state index contributed by atoms with van der Waals surface area (Å²) in [4.78, 5) is 14.6. The molecule has 0 fully saturated rings. The summed E-state index contributed by atoms with van der Waals surface area (Å²) in [7, 11) is 0. The Morgan fingerprint density at radius 1 is 1.53 bits per heavy atom. The van der Waals surface area contributed by atoms with Gasteiger partial charge in [0.25, 0.3) is 0 Å². The molecule has 0 bridgehead atoms. The molecule has 4 nitrogen and oxygen atoms in total. The van der Waals surface area contributed by atoms with Gasteiger partial charge in [0, 0.05) is 17.8 Å². The number of carboxylic acids is 1. The minimum absolute atomic E-state index is 0. The third-order valence-corrected chi connectivity index (χ3v) is 1.69. The summed E-state index contributed by atoms with van der Waals surface area (Å²) in [5, 5.41) is 8.56. The predicted molar refractivity (Wildman–Crippen MR) is 62.8 cm³/mol. The van der Waals surface area contributed by atoms with E-state index in [0.717, 1.165) is 11.4 Å². The molecule has 3 N–H and O–H groups in total. The van der Waals surface area contributed by atoms with Gasteiger partial charge >= 0.3 is 5.97 Å². The SMILES string of the molecule is Cc1cccc(CC(N)C(=O)O)n1.Cl.Cl. The first-order chi connectivity index (χ1) is 6.09. The number of carbonyl (C=O) groups is 1. The maximum Gasteiger partial charge on any atom is 0.320 e. The van der Waals surface area contributed by atoms with Crippen molar-refractivity contribution >= 4 is 30.8 Å². The van der Waals surface area contributed by atoms with Crippen LogP contribution in [-0.2, 0) is 11.2 Å². The second kappa shape index (κ2) is 7.45. The summed E-state index contributed by atoms with van der Waals surface area (Å²) >= 11 is 0. The van der Waals surface area contributed by atoms with Crippen LogP contribution in [0.1, 0.15) is 11.4 Å². The molecule has 0 aliphatic heterocycles. The molecule has 1 aromatic heterocycles. The highest BCUT2D eigenvalue weighted by molar-refractivity contribution is 5.85. The molecule has 1 aromatic rings. The van der Waals surface area contributed by atoms with Crippen LogP contribution in [0.2, 0.25) is 0 Å². The standard InChI is InChI=1S/C9H12N2O2.2ClH/c1-6-3-2-4-7(11-6)5-8(10)9(12)13;;/h2-4,8H,5,10H2,1H3,(H,12,13);2*1H. The van der Waals surface area contributed by atoms with Crippen molar-refractivity contribution in [2.45, 2.75) is 19.4 Å². The lowest BCUT2D eigenvalue weighted by Gasteiger charge is -2.05. The summed E-state index contributed by atoms with van der Waals surface area (Å²) in [6.07, 6.45) is 0.275. The van der Waals surface area contributed by atoms with Gasteiger partial charge in [0.15, 0.2) is 0 Å². The molecule has 0 saturated heterocycles. The van der Waals surface area contributed by atoms with Gasteiger partial charge in [0.05, 0.1) is 0 Å². The smallest absolute Gasteiger partial charge is 0.320 e. The summed E-state index contributed by atoms with van der Waals surface area (Å²) < 4.78 is 0. The number of aliphatic carboxylic acids is 1. The van der Waals surface area contributed by atoms with E-state index in [2.05, 4.69) is 4.98 Å². The lowest BCUT2D eigenvalue weighted by molar-refractivity contribution is -0.138. The number of pyridine rings is 1. The third-order valence-electron chi connectivity index (χ3n) is 1.69. The van der Waals surface area contributed by atoms with Crippen molar-refractivity contribution in [1.82, 2.24) is 4.98 Å². The number of carboxylic acid groups (broad SMARTS) is 1. The van der Waals surface area contributed by atoms with E-state index in [1.807, 2.05) is 19.1 Å². The number of hydrogen-bond acceptors (Lipinski definition) is 3. The van der Waals surface area contributed by atoms with Crippen LogP contribution in [0.3, 0.4) is 0 Å². The number of aromatic nitrogens is 1. The van der Waals surface area contributed by atoms with E-state index in [4.69, 9.17) is 10.8 Å². The molecular weight excluding hydrogens is 239 g/mol. The molecule has 1 atom stereocenters. The fourth-order valence-corrected chi connectivity index (χ4v) is 1.03. The Morgan fingerprint density at radius 2 is 2.13 bits per heavy atom. The monoisotopic (exact) mass is 252 g/mol. The molecule has 1 unspecified atom stereocenters. The lowest BCUT2D eigenvalue weighted by atomic mass is 10.1. The van der Waals surface area contributed by atoms with Crippen molar-refractivity contribution in [3.63, 3.8) is 0 Å². The number of halogens is 2. The Bertz CT molecular complexity index is 321. The Morgan fingerprint density at radius 3 is 2.60 bits per heavy atom. The van der Waals surface area contributed by atoms with E-state index >= 15 is 0 Å². The molecule has 1 rings (SSSR count). The van der Waals surface area contributed by atoms with Gasteiger partial charge in [-0.3, -0.25) is 9.78 Å². The van der Waals surface area contributed by atoms with Gasteiger partial charge in [-0.15, -0.1) is 24.8 Å². The van der Waals surface area contributed by atoms with Crippen LogP contribution in [0.5, 0.6) is 0 Å². The van der Waals surface area contributed by atoms with Gasteiger partial charge < -0.3 is 10.8 Å². The lowest BCUT2D eigenvalue weighted by Crippen LogP contribution is -2.32. The maximum absolute atomic E-state index is 10.4. The Hall–Kier alpha value is -0.840. The molecule has 6 heteroatoms. The van der Waals surface area contributed by atoms with Gasteiger partial charge in [0.2, 0.25) is 0 Å². The van der Waals surface area contributed by atoms with Crippen molar-refractivity contribution in [2.75, 3.05) is 0 Å². The minimum Gasteiger partial charge on any atom is -0.480 e. The highest BCUT2D eigenvalue weighted by Gasteiger charge is 2.12. The van der Waals surface area contributed by atoms with Gasteiger partial charge in [-0.1, -0.05) is 6.07 Å². The molecule has 0 aromatic carbocycles. The number of rotatable bonds is 3. The normalized spacial score (nSPS) is 10.8. The summed E-state index contributed by atoms with van der Waals surface area (Å²) in [5.74, 6) is -0.997. The molecule has 0 aliphatic carbocycles. The quantitative estimate of drug-likeness (QED) is 0.848. The fourth-order valence-electron chi connectivity index (χ4n) is 1.03. The first kappa shape index (κ1) is 16.6. The van der Waals surface area contributed by atoms with Gasteiger partial charge in [-0.25, -0.2) is 0 Å². The molecule has 0 saturated carbocycles. The third kappa shape index (κ3) is 5.57. The van der Waals surface area contributed by atoms with Gasteiger partial charge in [0.1, 0.15) is 6.04 Å². The summed E-state index contributed by atoms with van der Waals surface area (Å²) in [6.45, 7) is 1.86. The van der Waals surface area contributed by atoms with Crippen LogP contribution in [-0.4, -0.2) is 22.1 Å². The molecular formula is C9H14Cl2N2O2. The molecule has 15 heavy (non-hydrogen) atoms. The number of hydrogen-bond donors (Lipinski definition) is 2. The molecule has 86 valence electrons. The first-order valence-corrected chi connectivity index (χ1v) is 4.00. The van der Waals surface area contributed by atoms with E-state index < -0.39 is 12.0 Å². The van der Waals surface area contributed by atoms with E-state index in [1.165, 1.54) is 0 Å². The van der Waals surface area contributed by atoms with Gasteiger partial charge in [-0.05, 0) is 19.1 Å². The Kier molecular flexibility index (Phi) is 8.24. The summed E-state index contributed by atoms with van der Waals surface area (Å²) in [6, 6.07) is 4.60. The first-order valence-electron chi connectivity index (χ1n) is 4.00. The van der Waals surface area contributed by atoms with E-state index in [-0.39, 0.29) is 31.2 Å². The average molecular weight is 253 g/mol. The summed E-state index contributed by atoms with van der Waals surface area (Å²) in [5.41, 5.74) is 6.95. The molecule has 0 radical (unpaired) electrons. The zero-order chi connectivity index (χ0) is 9.84. The second-order valence-corrected chi connectivity index (χ2v) is 2.92. The largest absolute Gasteiger partial charge is 0.480 e. The van der Waals surface area contributed by atoms with Crippen LogP contribution in [0, 0.1) is 6.92 Å². The van der Waals surface area contributed by atoms with E-state index in [0.29, 0.717) is 0 Å². The Balaban J connectivity index is 0. The van der Waals surface area contributed by atoms with Crippen LogP contribution in [0.15, 0.2) is 18.2 Å². The zero-order valence-corrected chi connectivity index (χ0v) is 9.85. The average Bonchev–Trinajstić information content (AvgIpc) is 2.04. The van der Waals surface area contributed by atoms with Crippen molar-refractivity contribution in [1.29, 1.82) is 0 Å². The van der Waals surface area contributed by atoms with Crippen molar-refractivity contribution in [3.05, 3.63) is 29.6 Å². The number of nitrogens with two attached hydrogens (primary N) is 1. The van der Waals surface area contributed by atoms with E-state index in [1.54, 1.807) is 6.07 Å². The van der Waals surface area contributed by atoms with Crippen molar-refractivity contribution < 1.29 is 9.90 Å². The zero-order valence-electron chi connectivity index (χ0n) is 8.21. The fraction of sp³-hybridized carbons (Fsp3) is 0.333. The van der Waals surface area contributed by atoms with Crippen LogP contribution in [0.4, 0.5) is 0 Å². The predicted octanol–water partition coefficient (Wildman–Crippen LogP) is 1.19. The van der Waals surface area contributed by atoms with Crippen LogP contribution in [0.25, 0.3) is 0 Å². The van der Waals surface area contributed by atoms with E-state index in [9.17, 15) is 4.79 Å². The number of aryl methyl sites for hydroxylation is 1. The van der Waals surface area contributed by atoms with Crippen molar-refractivity contribution in [3.8, 4) is 0 Å². The highest BCUT2D eigenvalue weighted by atomic mass is 35.5. The highest BCUT2D eigenvalue weighted by Crippen LogP contribution is 2.00. The van der Waals surface area contributed by atoms with Crippen LogP contribution < -0.4 is 5.73 Å². The number of nitrogens with zero attached hydrogens (tertiary/aromatic N) is 1. The molecule has 0 amide bonds. The second-order valence-electron chi connectivity index (χ2n) is 2.92. The molecule has 0 spiro atoms.